The average Bonchev–Trinajstić information content (AvgIpc) is 2.38. The van der Waals surface area contributed by atoms with E-state index in [0.29, 0.717) is 6.42 Å². The second-order valence-electron chi connectivity index (χ2n) is 4.48. The summed E-state index contributed by atoms with van der Waals surface area (Å²) in [5.41, 5.74) is 2.68. The van der Waals surface area contributed by atoms with E-state index in [9.17, 15) is 9.90 Å². The SMILES string of the molecule is COC(=O)C1=C(c2ccc(O)cc2)CN(C)CC1. The van der Waals surface area contributed by atoms with Crippen molar-refractivity contribution >= 4 is 11.5 Å². The quantitative estimate of drug-likeness (QED) is 0.807. The number of nitrogens with zero attached hydrogens (tertiary/aromatic N) is 1. The van der Waals surface area contributed by atoms with Crippen LogP contribution in [-0.2, 0) is 9.53 Å². The lowest BCUT2D eigenvalue weighted by Gasteiger charge is -2.27. The van der Waals surface area contributed by atoms with E-state index in [-0.39, 0.29) is 11.7 Å². The van der Waals surface area contributed by atoms with Gasteiger partial charge in [-0.1, -0.05) is 12.1 Å². The van der Waals surface area contributed by atoms with E-state index < -0.39 is 0 Å². The van der Waals surface area contributed by atoms with Gasteiger partial charge in [-0.3, -0.25) is 0 Å². The molecule has 1 aliphatic rings. The smallest absolute Gasteiger partial charge is 0.334 e. The Bertz CT molecular complexity index is 476. The van der Waals surface area contributed by atoms with Gasteiger partial charge in [0, 0.05) is 18.7 Å². The second-order valence-corrected chi connectivity index (χ2v) is 4.48. The number of methoxy groups -OCH3 is 1. The molecule has 0 atom stereocenters. The molecular weight excluding hydrogens is 230 g/mol. The number of phenolic OH excluding ortho intramolecular Hbond substituents is 1. The number of esters is 1. The van der Waals surface area contributed by atoms with Gasteiger partial charge in [0.2, 0.25) is 0 Å². The van der Waals surface area contributed by atoms with Crippen molar-refractivity contribution < 1.29 is 14.6 Å². The summed E-state index contributed by atoms with van der Waals surface area (Å²) >= 11 is 0. The Morgan fingerprint density at radius 1 is 1.33 bits per heavy atom. The van der Waals surface area contributed by atoms with Crippen LogP contribution in [0.5, 0.6) is 5.75 Å². The third kappa shape index (κ3) is 2.54. The van der Waals surface area contributed by atoms with Crippen molar-refractivity contribution in [2.24, 2.45) is 0 Å². The predicted octanol–water partition coefficient (Wildman–Crippen LogP) is 1.65. The first-order valence-electron chi connectivity index (χ1n) is 5.90. The summed E-state index contributed by atoms with van der Waals surface area (Å²) in [6, 6.07) is 6.91. The normalized spacial score (nSPS) is 16.8. The summed E-state index contributed by atoms with van der Waals surface area (Å²) in [4.78, 5) is 13.9. The van der Waals surface area contributed by atoms with Crippen molar-refractivity contribution in [1.29, 1.82) is 0 Å². The lowest BCUT2D eigenvalue weighted by atomic mass is 9.94. The van der Waals surface area contributed by atoms with Gasteiger partial charge in [-0.2, -0.15) is 0 Å². The molecule has 0 aromatic heterocycles. The highest BCUT2D eigenvalue weighted by atomic mass is 16.5. The maximum absolute atomic E-state index is 11.8. The van der Waals surface area contributed by atoms with Crippen LogP contribution in [0.2, 0.25) is 0 Å². The number of rotatable bonds is 2. The molecule has 1 aromatic carbocycles. The van der Waals surface area contributed by atoms with Crippen molar-refractivity contribution in [3.05, 3.63) is 35.4 Å². The molecule has 0 amide bonds. The highest BCUT2D eigenvalue weighted by Crippen LogP contribution is 2.27. The summed E-state index contributed by atoms with van der Waals surface area (Å²) in [6.07, 6.45) is 0.694. The van der Waals surface area contributed by atoms with Crippen LogP contribution in [0.4, 0.5) is 0 Å². The first-order chi connectivity index (χ1) is 8.61. The number of carbonyl (C=O) groups is 1. The number of hydrogen-bond donors (Lipinski definition) is 1. The molecule has 0 saturated heterocycles. The largest absolute Gasteiger partial charge is 0.508 e. The minimum Gasteiger partial charge on any atom is -0.508 e. The highest BCUT2D eigenvalue weighted by molar-refractivity contribution is 5.98. The fourth-order valence-corrected chi connectivity index (χ4v) is 2.17. The second kappa shape index (κ2) is 5.23. The molecule has 1 aromatic rings. The molecule has 0 radical (unpaired) electrons. The van der Waals surface area contributed by atoms with Gasteiger partial charge in [0.25, 0.3) is 0 Å². The summed E-state index contributed by atoms with van der Waals surface area (Å²) in [7, 11) is 3.43. The van der Waals surface area contributed by atoms with E-state index in [1.807, 2.05) is 19.2 Å². The van der Waals surface area contributed by atoms with Crippen LogP contribution >= 0.6 is 0 Å². The molecule has 96 valence electrons. The molecule has 0 aliphatic carbocycles. The lowest BCUT2D eigenvalue weighted by molar-refractivity contribution is -0.136. The van der Waals surface area contributed by atoms with E-state index in [2.05, 4.69) is 4.90 Å². The zero-order valence-corrected chi connectivity index (χ0v) is 10.6. The zero-order valence-electron chi connectivity index (χ0n) is 10.6. The van der Waals surface area contributed by atoms with Crippen molar-refractivity contribution in [2.75, 3.05) is 27.2 Å². The molecule has 1 N–H and O–H groups in total. The third-order valence-corrected chi connectivity index (χ3v) is 3.18. The minimum absolute atomic E-state index is 0.225. The fourth-order valence-electron chi connectivity index (χ4n) is 2.17. The highest BCUT2D eigenvalue weighted by Gasteiger charge is 2.23. The molecule has 0 unspecified atom stereocenters. The predicted molar refractivity (Wildman–Crippen MR) is 69.2 cm³/mol. The van der Waals surface area contributed by atoms with Crippen LogP contribution in [-0.4, -0.2) is 43.2 Å². The average molecular weight is 247 g/mol. The van der Waals surface area contributed by atoms with Crippen LogP contribution in [0.15, 0.2) is 29.8 Å². The van der Waals surface area contributed by atoms with Gasteiger partial charge in [-0.05, 0) is 36.7 Å². The molecule has 2 rings (SSSR count). The van der Waals surface area contributed by atoms with Gasteiger partial charge < -0.3 is 14.7 Å². The molecule has 4 nitrogen and oxygen atoms in total. The van der Waals surface area contributed by atoms with Crippen LogP contribution < -0.4 is 0 Å². The van der Waals surface area contributed by atoms with Gasteiger partial charge in [0.05, 0.1) is 7.11 Å². The van der Waals surface area contributed by atoms with E-state index >= 15 is 0 Å². The molecule has 1 aliphatic heterocycles. The Labute approximate surface area is 106 Å². The van der Waals surface area contributed by atoms with Crippen molar-refractivity contribution in [3.8, 4) is 5.75 Å². The Hall–Kier alpha value is -1.81. The summed E-state index contributed by atoms with van der Waals surface area (Å²) in [5, 5.41) is 9.31. The van der Waals surface area contributed by atoms with E-state index in [0.717, 1.165) is 29.8 Å². The fraction of sp³-hybridized carbons (Fsp3) is 0.357. The number of aromatic hydroxyl groups is 1. The maximum atomic E-state index is 11.8. The van der Waals surface area contributed by atoms with Crippen LogP contribution in [0.1, 0.15) is 12.0 Å². The summed E-state index contributed by atoms with van der Waals surface area (Å²) in [5.74, 6) is -0.0330. The Kier molecular flexibility index (Phi) is 3.67. The van der Waals surface area contributed by atoms with Crippen LogP contribution in [0, 0.1) is 0 Å². The molecule has 1 heterocycles. The number of likely N-dealkylation sites (N-methyl/N-ethyl adjacent to an activating group) is 1. The molecule has 0 saturated carbocycles. The number of benzene rings is 1. The molecular formula is C14H17NO3. The number of carbonyl (C=O) groups excluding carboxylic acids is 1. The molecule has 18 heavy (non-hydrogen) atoms. The van der Waals surface area contributed by atoms with E-state index in [1.54, 1.807) is 12.1 Å². The third-order valence-electron chi connectivity index (χ3n) is 3.18. The number of ether oxygens (including phenoxy) is 1. The molecule has 0 spiro atoms. The topological polar surface area (TPSA) is 49.8 Å². The number of phenols is 1. The molecule has 0 bridgehead atoms. The van der Waals surface area contributed by atoms with Gasteiger partial charge in [0.15, 0.2) is 0 Å². The Morgan fingerprint density at radius 3 is 2.61 bits per heavy atom. The molecule has 0 fully saturated rings. The Balaban J connectivity index is 2.43. The Morgan fingerprint density at radius 2 is 2.00 bits per heavy atom. The van der Waals surface area contributed by atoms with E-state index in [1.165, 1.54) is 7.11 Å². The van der Waals surface area contributed by atoms with Gasteiger partial charge in [-0.25, -0.2) is 4.79 Å². The maximum Gasteiger partial charge on any atom is 0.334 e. The van der Waals surface area contributed by atoms with Crippen molar-refractivity contribution in [1.82, 2.24) is 4.90 Å². The van der Waals surface area contributed by atoms with Crippen LogP contribution in [0.25, 0.3) is 5.57 Å². The standard InChI is InChI=1S/C14H17NO3/c1-15-8-7-12(14(17)18-2)13(9-15)10-3-5-11(16)6-4-10/h3-6,16H,7-9H2,1-2H3. The lowest BCUT2D eigenvalue weighted by Crippen LogP contribution is -2.29. The van der Waals surface area contributed by atoms with Gasteiger partial charge >= 0.3 is 5.97 Å². The zero-order chi connectivity index (χ0) is 13.1. The summed E-state index contributed by atoms with van der Waals surface area (Å²) < 4.78 is 4.84. The molecule has 4 heteroatoms. The monoisotopic (exact) mass is 247 g/mol. The van der Waals surface area contributed by atoms with Gasteiger partial charge in [-0.15, -0.1) is 0 Å². The van der Waals surface area contributed by atoms with E-state index in [4.69, 9.17) is 4.74 Å². The van der Waals surface area contributed by atoms with Crippen molar-refractivity contribution in [3.63, 3.8) is 0 Å². The van der Waals surface area contributed by atoms with Crippen molar-refractivity contribution in [2.45, 2.75) is 6.42 Å². The number of hydrogen-bond acceptors (Lipinski definition) is 4. The summed E-state index contributed by atoms with van der Waals surface area (Å²) in [6.45, 7) is 1.57. The first kappa shape index (κ1) is 12.6. The minimum atomic E-state index is -0.258. The van der Waals surface area contributed by atoms with Gasteiger partial charge in [0.1, 0.15) is 5.75 Å². The first-order valence-corrected chi connectivity index (χ1v) is 5.90. The van der Waals surface area contributed by atoms with Crippen LogP contribution in [0.3, 0.4) is 0 Å².